The van der Waals surface area contributed by atoms with Gasteiger partial charge in [0.15, 0.2) is 5.78 Å². The molecule has 4 aromatic rings. The Kier molecular flexibility index (Phi) is 4.56. The highest BCUT2D eigenvalue weighted by molar-refractivity contribution is 6.09. The highest BCUT2D eigenvalue weighted by atomic mass is 16.1. The van der Waals surface area contributed by atoms with Crippen molar-refractivity contribution in [3.05, 3.63) is 96.0 Å². The highest BCUT2D eigenvalue weighted by Crippen LogP contribution is 2.32. The quantitative estimate of drug-likeness (QED) is 0.520. The third kappa shape index (κ3) is 3.24. The molecular weight excluding hydrogens is 372 g/mol. The summed E-state index contributed by atoms with van der Waals surface area (Å²) in [5.74, 6) is 0.500. The van der Waals surface area contributed by atoms with Crippen LogP contribution in [0.3, 0.4) is 0 Å². The monoisotopic (exact) mass is 392 g/mol. The molecule has 0 aliphatic heterocycles. The lowest BCUT2D eigenvalue weighted by molar-refractivity contribution is 0.104. The standard InChI is InChI=1S/C25H20N4O/c1-16(28-25-23-21(26-15-27-25)12-7-13-22(23)30)19-14-18-10-5-6-11-20(18)29-24(19)17-8-3-2-4-9-17/h2-11,13-16H,12H2,1H3,(H,26,27,28)/t16-/m0/s1. The zero-order valence-corrected chi connectivity index (χ0v) is 16.5. The van der Waals surface area contributed by atoms with Gasteiger partial charge >= 0.3 is 0 Å². The van der Waals surface area contributed by atoms with Crippen LogP contribution in [-0.2, 0) is 6.42 Å². The number of aromatic nitrogens is 3. The van der Waals surface area contributed by atoms with Crippen molar-refractivity contribution in [3.8, 4) is 11.3 Å². The number of anilines is 1. The van der Waals surface area contributed by atoms with Crippen molar-refractivity contribution < 1.29 is 4.79 Å². The van der Waals surface area contributed by atoms with Crippen LogP contribution in [0.25, 0.3) is 22.2 Å². The molecule has 1 aliphatic rings. The van der Waals surface area contributed by atoms with Crippen LogP contribution in [-0.4, -0.2) is 20.7 Å². The minimum atomic E-state index is -0.116. The van der Waals surface area contributed by atoms with Crippen LogP contribution in [0, 0.1) is 0 Å². The van der Waals surface area contributed by atoms with Crippen LogP contribution < -0.4 is 5.32 Å². The van der Waals surface area contributed by atoms with Gasteiger partial charge in [-0.25, -0.2) is 15.0 Å². The lowest BCUT2D eigenvalue weighted by Gasteiger charge is -2.21. The van der Waals surface area contributed by atoms with Gasteiger partial charge in [-0.15, -0.1) is 0 Å². The Balaban J connectivity index is 1.61. The number of hydrogen-bond donors (Lipinski definition) is 1. The lowest BCUT2D eigenvalue weighted by atomic mass is 9.97. The molecule has 1 aliphatic carbocycles. The Morgan fingerprint density at radius 3 is 2.67 bits per heavy atom. The van der Waals surface area contributed by atoms with Crippen molar-refractivity contribution in [3.63, 3.8) is 0 Å². The lowest BCUT2D eigenvalue weighted by Crippen LogP contribution is -2.17. The number of fused-ring (bicyclic) bond motifs is 2. The molecule has 0 saturated heterocycles. The van der Waals surface area contributed by atoms with Crippen molar-refractivity contribution in [2.45, 2.75) is 19.4 Å². The van der Waals surface area contributed by atoms with Crippen LogP contribution in [0.15, 0.2) is 79.1 Å². The van der Waals surface area contributed by atoms with Crippen molar-refractivity contribution in [2.24, 2.45) is 0 Å². The second-order valence-electron chi connectivity index (χ2n) is 7.37. The van der Waals surface area contributed by atoms with E-state index in [0.717, 1.165) is 33.4 Å². The van der Waals surface area contributed by atoms with E-state index in [4.69, 9.17) is 4.98 Å². The molecule has 5 nitrogen and oxygen atoms in total. The maximum Gasteiger partial charge on any atom is 0.191 e. The summed E-state index contributed by atoms with van der Waals surface area (Å²) in [4.78, 5) is 26.1. The summed E-state index contributed by atoms with van der Waals surface area (Å²) in [6.07, 6.45) is 5.58. The van der Waals surface area contributed by atoms with Gasteiger partial charge in [0, 0.05) is 22.9 Å². The predicted octanol–water partition coefficient (Wildman–Crippen LogP) is 5.16. The van der Waals surface area contributed by atoms with E-state index in [-0.39, 0.29) is 11.8 Å². The summed E-state index contributed by atoms with van der Waals surface area (Å²) >= 11 is 0. The van der Waals surface area contributed by atoms with Gasteiger partial charge in [0.1, 0.15) is 12.1 Å². The van der Waals surface area contributed by atoms with Gasteiger partial charge in [-0.3, -0.25) is 4.79 Å². The number of pyridine rings is 1. The number of nitrogens with one attached hydrogen (secondary N) is 1. The SMILES string of the molecule is C[C@H](Nc1ncnc2c1C(=O)C=CC2)c1cc2ccccc2nc1-c1ccccc1. The van der Waals surface area contributed by atoms with Gasteiger partial charge in [-0.2, -0.15) is 0 Å². The molecule has 2 heterocycles. The first-order valence-corrected chi connectivity index (χ1v) is 9.97. The fourth-order valence-electron chi connectivity index (χ4n) is 3.88. The van der Waals surface area contributed by atoms with Crippen molar-refractivity contribution >= 4 is 22.5 Å². The normalized spacial score (nSPS) is 13.8. The van der Waals surface area contributed by atoms with Crippen LogP contribution >= 0.6 is 0 Å². The van der Waals surface area contributed by atoms with Crippen LogP contribution in [0.2, 0.25) is 0 Å². The second kappa shape index (κ2) is 7.52. The van der Waals surface area contributed by atoms with E-state index in [2.05, 4.69) is 46.5 Å². The number of rotatable bonds is 4. The molecule has 0 fully saturated rings. The summed E-state index contributed by atoms with van der Waals surface area (Å²) in [5, 5.41) is 4.52. The molecule has 1 atom stereocenters. The molecule has 5 rings (SSSR count). The van der Waals surface area contributed by atoms with Gasteiger partial charge in [0.25, 0.3) is 0 Å². The first kappa shape index (κ1) is 18.2. The molecule has 0 radical (unpaired) electrons. The van der Waals surface area contributed by atoms with Gasteiger partial charge < -0.3 is 5.32 Å². The van der Waals surface area contributed by atoms with Crippen LogP contribution in [0.1, 0.15) is 34.6 Å². The molecule has 5 heteroatoms. The molecule has 0 unspecified atom stereocenters. The molecule has 0 bridgehead atoms. The zero-order chi connectivity index (χ0) is 20.5. The summed E-state index contributed by atoms with van der Waals surface area (Å²) in [6.45, 7) is 2.07. The van der Waals surface area contributed by atoms with E-state index in [9.17, 15) is 4.79 Å². The maximum absolute atomic E-state index is 12.5. The molecular formula is C25H20N4O. The number of nitrogens with zero attached hydrogens (tertiary/aromatic N) is 3. The van der Waals surface area contributed by atoms with E-state index in [0.29, 0.717) is 17.8 Å². The molecule has 2 aromatic heterocycles. The first-order chi connectivity index (χ1) is 14.7. The number of para-hydroxylation sites is 1. The largest absolute Gasteiger partial charge is 0.363 e. The molecule has 0 saturated carbocycles. The Morgan fingerprint density at radius 1 is 1.00 bits per heavy atom. The fraction of sp³-hybridized carbons (Fsp3) is 0.120. The molecule has 0 amide bonds. The van der Waals surface area contributed by atoms with Crippen molar-refractivity contribution in [2.75, 3.05) is 5.32 Å². The van der Waals surface area contributed by atoms with E-state index >= 15 is 0 Å². The maximum atomic E-state index is 12.5. The van der Waals surface area contributed by atoms with E-state index in [1.54, 1.807) is 6.08 Å². The van der Waals surface area contributed by atoms with Gasteiger partial charge in [0.05, 0.1) is 28.5 Å². The summed E-state index contributed by atoms with van der Waals surface area (Å²) < 4.78 is 0. The van der Waals surface area contributed by atoms with Gasteiger partial charge in [-0.05, 0) is 25.1 Å². The summed E-state index contributed by atoms with van der Waals surface area (Å²) in [6, 6.07) is 20.3. The molecule has 2 aromatic carbocycles. The Bertz CT molecular complexity index is 1280. The molecule has 146 valence electrons. The first-order valence-electron chi connectivity index (χ1n) is 9.97. The molecule has 30 heavy (non-hydrogen) atoms. The average Bonchev–Trinajstić information content (AvgIpc) is 2.79. The van der Waals surface area contributed by atoms with E-state index in [1.165, 1.54) is 6.33 Å². The fourth-order valence-corrected chi connectivity index (χ4v) is 3.88. The highest BCUT2D eigenvalue weighted by Gasteiger charge is 2.22. The number of ketones is 1. The van der Waals surface area contributed by atoms with Crippen molar-refractivity contribution in [1.29, 1.82) is 0 Å². The Morgan fingerprint density at radius 2 is 1.80 bits per heavy atom. The Labute approximate surface area is 174 Å². The van der Waals surface area contributed by atoms with Gasteiger partial charge in [-0.1, -0.05) is 54.6 Å². The predicted molar refractivity (Wildman–Crippen MR) is 118 cm³/mol. The third-order valence-corrected chi connectivity index (χ3v) is 5.37. The van der Waals surface area contributed by atoms with Crippen LogP contribution in [0.4, 0.5) is 5.82 Å². The summed E-state index contributed by atoms with van der Waals surface area (Å²) in [7, 11) is 0. The average molecular weight is 392 g/mol. The smallest absolute Gasteiger partial charge is 0.191 e. The second-order valence-corrected chi connectivity index (χ2v) is 7.37. The number of hydrogen-bond acceptors (Lipinski definition) is 5. The van der Waals surface area contributed by atoms with Crippen molar-refractivity contribution in [1.82, 2.24) is 15.0 Å². The number of carbonyl (C=O) groups is 1. The van der Waals surface area contributed by atoms with E-state index < -0.39 is 0 Å². The van der Waals surface area contributed by atoms with Gasteiger partial charge in [0.2, 0.25) is 0 Å². The zero-order valence-electron chi connectivity index (χ0n) is 16.5. The Hall–Kier alpha value is -3.86. The number of allylic oxidation sites excluding steroid dienone is 2. The number of carbonyl (C=O) groups excluding carboxylic acids is 1. The summed E-state index contributed by atoms with van der Waals surface area (Å²) in [5.41, 5.74) is 5.28. The topological polar surface area (TPSA) is 67.8 Å². The third-order valence-electron chi connectivity index (χ3n) is 5.37. The number of benzene rings is 2. The molecule has 0 spiro atoms. The van der Waals surface area contributed by atoms with Crippen LogP contribution in [0.5, 0.6) is 0 Å². The minimum Gasteiger partial charge on any atom is -0.363 e. The minimum absolute atomic E-state index is 0.0635. The van der Waals surface area contributed by atoms with E-state index in [1.807, 2.05) is 42.5 Å². The molecule has 1 N–H and O–H groups in total.